The molecule has 0 amide bonds. The monoisotopic (exact) mass is 435 g/mol. The first-order chi connectivity index (χ1) is 15.7. The van der Waals surface area contributed by atoms with Gasteiger partial charge in [-0.1, -0.05) is 65.8 Å². The number of guanidine groups is 1. The molecule has 2 N–H and O–H groups in total. The Hall–Kier alpha value is -3.19. The highest BCUT2D eigenvalue weighted by molar-refractivity contribution is 5.79. The molecule has 1 heterocycles. The highest BCUT2D eigenvalue weighted by Gasteiger charge is 2.15. The smallest absolute Gasteiger partial charge is 0.248 e. The molecule has 0 aliphatic carbocycles. The third kappa shape index (κ3) is 7.20. The number of rotatable bonds is 11. The summed E-state index contributed by atoms with van der Waals surface area (Å²) in [5, 5.41) is 10.8. The minimum Gasteiger partial charge on any atom is -0.371 e. The molecule has 0 saturated heterocycles. The Morgan fingerprint density at radius 1 is 1.03 bits per heavy atom. The van der Waals surface area contributed by atoms with Crippen molar-refractivity contribution in [1.29, 1.82) is 0 Å². The molecule has 0 spiro atoms. The van der Waals surface area contributed by atoms with E-state index in [-0.39, 0.29) is 6.10 Å². The standard InChI is InChI=1S/C25H33N5O2/c1-4-26-25(28-18-23-29-24(30-32-23)19(3)31-5-2)27-17-22(21-14-10-7-11-15-21)16-20-12-8-6-9-13-20/h6-15,19,22H,4-5,16-18H2,1-3H3,(H2,26,27,28). The van der Waals surface area contributed by atoms with Gasteiger partial charge in [-0.25, -0.2) is 4.99 Å². The Kier molecular flexibility index (Phi) is 9.25. The van der Waals surface area contributed by atoms with E-state index in [0.29, 0.717) is 30.8 Å². The second kappa shape index (κ2) is 12.6. The van der Waals surface area contributed by atoms with Gasteiger partial charge in [-0.2, -0.15) is 4.98 Å². The van der Waals surface area contributed by atoms with Crippen LogP contribution in [0.4, 0.5) is 0 Å². The molecule has 0 radical (unpaired) electrons. The zero-order valence-electron chi connectivity index (χ0n) is 19.1. The van der Waals surface area contributed by atoms with Crippen LogP contribution >= 0.6 is 0 Å². The predicted molar refractivity (Wildman–Crippen MR) is 126 cm³/mol. The van der Waals surface area contributed by atoms with Gasteiger partial charge >= 0.3 is 0 Å². The quantitative estimate of drug-likeness (QED) is 0.346. The molecule has 3 rings (SSSR count). The maximum atomic E-state index is 5.52. The molecule has 2 atom stereocenters. The SMILES string of the molecule is CCNC(=NCc1nc(C(C)OCC)no1)NCC(Cc1ccccc1)c1ccccc1. The summed E-state index contributed by atoms with van der Waals surface area (Å²) < 4.78 is 10.8. The number of ether oxygens (including phenoxy) is 1. The summed E-state index contributed by atoms with van der Waals surface area (Å²) in [7, 11) is 0. The van der Waals surface area contributed by atoms with Crippen LogP contribution in [0.3, 0.4) is 0 Å². The first-order valence-electron chi connectivity index (χ1n) is 11.2. The Bertz CT molecular complexity index is 943. The predicted octanol–water partition coefficient (Wildman–Crippen LogP) is 4.25. The number of nitrogens with zero attached hydrogens (tertiary/aromatic N) is 3. The second-order valence-corrected chi connectivity index (χ2v) is 7.52. The molecule has 0 bridgehead atoms. The van der Waals surface area contributed by atoms with Gasteiger partial charge in [0, 0.05) is 25.6 Å². The largest absolute Gasteiger partial charge is 0.371 e. The van der Waals surface area contributed by atoms with E-state index < -0.39 is 0 Å². The zero-order chi connectivity index (χ0) is 22.6. The average molecular weight is 436 g/mol. The lowest BCUT2D eigenvalue weighted by Gasteiger charge is -2.20. The van der Waals surface area contributed by atoms with E-state index in [1.807, 2.05) is 32.9 Å². The summed E-state index contributed by atoms with van der Waals surface area (Å²) in [6, 6.07) is 21.1. The van der Waals surface area contributed by atoms with Gasteiger partial charge in [0.25, 0.3) is 0 Å². The summed E-state index contributed by atoms with van der Waals surface area (Å²) in [6.45, 7) is 8.31. The molecule has 170 valence electrons. The maximum absolute atomic E-state index is 5.52. The summed E-state index contributed by atoms with van der Waals surface area (Å²) in [5.74, 6) is 2.04. The van der Waals surface area contributed by atoms with Crippen molar-refractivity contribution >= 4 is 5.96 Å². The van der Waals surface area contributed by atoms with Gasteiger partial charge in [-0.15, -0.1) is 0 Å². The topological polar surface area (TPSA) is 84.6 Å². The van der Waals surface area contributed by atoms with Crippen LogP contribution in [0.1, 0.15) is 55.6 Å². The molecular formula is C25H33N5O2. The highest BCUT2D eigenvalue weighted by Crippen LogP contribution is 2.20. The molecule has 0 aliphatic rings. The zero-order valence-corrected chi connectivity index (χ0v) is 19.1. The Labute approximate surface area is 190 Å². The van der Waals surface area contributed by atoms with Crippen molar-refractivity contribution in [3.63, 3.8) is 0 Å². The number of benzene rings is 2. The molecule has 2 aromatic carbocycles. The molecule has 0 fully saturated rings. The Morgan fingerprint density at radius 2 is 1.75 bits per heavy atom. The lowest BCUT2D eigenvalue weighted by Crippen LogP contribution is -2.39. The third-order valence-electron chi connectivity index (χ3n) is 5.09. The van der Waals surface area contributed by atoms with Crippen LogP contribution in [0.2, 0.25) is 0 Å². The van der Waals surface area contributed by atoms with Crippen molar-refractivity contribution in [2.45, 2.75) is 45.8 Å². The first-order valence-corrected chi connectivity index (χ1v) is 11.2. The normalized spacial score (nSPS) is 13.5. The number of aliphatic imine (C=N–C) groups is 1. The third-order valence-corrected chi connectivity index (χ3v) is 5.09. The highest BCUT2D eigenvalue weighted by atomic mass is 16.5. The van der Waals surface area contributed by atoms with Gasteiger partial charge in [0.15, 0.2) is 11.8 Å². The minimum atomic E-state index is -0.197. The summed E-state index contributed by atoms with van der Waals surface area (Å²) in [6.07, 6.45) is 0.747. The van der Waals surface area contributed by atoms with Crippen molar-refractivity contribution in [2.24, 2.45) is 4.99 Å². The fourth-order valence-electron chi connectivity index (χ4n) is 3.46. The van der Waals surface area contributed by atoms with Gasteiger partial charge in [0.2, 0.25) is 5.89 Å². The van der Waals surface area contributed by atoms with Gasteiger partial charge in [0.05, 0.1) is 0 Å². The summed E-state index contributed by atoms with van der Waals surface area (Å²) in [5.41, 5.74) is 2.61. The van der Waals surface area contributed by atoms with E-state index in [4.69, 9.17) is 9.26 Å². The van der Waals surface area contributed by atoms with Gasteiger partial charge < -0.3 is 19.9 Å². The van der Waals surface area contributed by atoms with E-state index in [0.717, 1.165) is 25.5 Å². The molecule has 2 unspecified atom stereocenters. The van der Waals surface area contributed by atoms with Crippen LogP contribution < -0.4 is 10.6 Å². The average Bonchev–Trinajstić information content (AvgIpc) is 3.30. The van der Waals surface area contributed by atoms with Gasteiger partial charge in [-0.3, -0.25) is 0 Å². The van der Waals surface area contributed by atoms with Crippen molar-refractivity contribution in [2.75, 3.05) is 19.7 Å². The molecule has 7 heteroatoms. The summed E-state index contributed by atoms with van der Waals surface area (Å²) in [4.78, 5) is 9.03. The first kappa shape index (κ1) is 23.5. The van der Waals surface area contributed by atoms with E-state index in [1.165, 1.54) is 11.1 Å². The van der Waals surface area contributed by atoms with Gasteiger partial charge in [0.1, 0.15) is 12.6 Å². The second-order valence-electron chi connectivity index (χ2n) is 7.52. The van der Waals surface area contributed by atoms with Crippen LogP contribution in [-0.2, 0) is 17.7 Å². The summed E-state index contributed by atoms with van der Waals surface area (Å²) >= 11 is 0. The van der Waals surface area contributed by atoms with E-state index >= 15 is 0 Å². The van der Waals surface area contributed by atoms with Crippen LogP contribution in [-0.4, -0.2) is 35.8 Å². The minimum absolute atomic E-state index is 0.197. The lowest BCUT2D eigenvalue weighted by molar-refractivity contribution is 0.0683. The molecule has 7 nitrogen and oxygen atoms in total. The molecule has 3 aromatic rings. The Morgan fingerprint density at radius 3 is 2.44 bits per heavy atom. The Balaban J connectivity index is 1.66. The number of aromatic nitrogens is 2. The molecule has 1 aromatic heterocycles. The molecule has 32 heavy (non-hydrogen) atoms. The lowest BCUT2D eigenvalue weighted by atomic mass is 9.92. The number of nitrogens with one attached hydrogen (secondary N) is 2. The van der Waals surface area contributed by atoms with Crippen LogP contribution in [0.25, 0.3) is 0 Å². The van der Waals surface area contributed by atoms with Crippen LogP contribution in [0, 0.1) is 0 Å². The number of hydrogen-bond donors (Lipinski definition) is 2. The van der Waals surface area contributed by atoms with Gasteiger partial charge in [-0.05, 0) is 38.3 Å². The van der Waals surface area contributed by atoms with Crippen molar-refractivity contribution in [3.05, 3.63) is 83.5 Å². The fourth-order valence-corrected chi connectivity index (χ4v) is 3.46. The van der Waals surface area contributed by atoms with E-state index in [9.17, 15) is 0 Å². The van der Waals surface area contributed by atoms with Crippen molar-refractivity contribution in [1.82, 2.24) is 20.8 Å². The van der Waals surface area contributed by atoms with E-state index in [2.05, 4.69) is 74.3 Å². The number of hydrogen-bond acceptors (Lipinski definition) is 5. The van der Waals surface area contributed by atoms with Crippen molar-refractivity contribution < 1.29 is 9.26 Å². The molecule has 0 aliphatic heterocycles. The maximum Gasteiger partial charge on any atom is 0.248 e. The van der Waals surface area contributed by atoms with Crippen molar-refractivity contribution in [3.8, 4) is 0 Å². The van der Waals surface area contributed by atoms with Crippen LogP contribution in [0.15, 0.2) is 70.2 Å². The van der Waals surface area contributed by atoms with E-state index in [1.54, 1.807) is 0 Å². The molecular weight excluding hydrogens is 402 g/mol. The van der Waals surface area contributed by atoms with Crippen LogP contribution in [0.5, 0.6) is 0 Å². The fraction of sp³-hybridized carbons (Fsp3) is 0.400. The molecule has 0 saturated carbocycles.